The van der Waals surface area contributed by atoms with Gasteiger partial charge in [0, 0.05) is 5.41 Å². The quantitative estimate of drug-likeness (QED) is 0.251. The molecule has 7 aliphatic rings. The Kier molecular flexibility index (Phi) is 8.34. The average Bonchev–Trinajstić information content (AvgIpc) is 3.48. The molecule has 5 unspecified atom stereocenters. The van der Waals surface area contributed by atoms with Gasteiger partial charge in [-0.2, -0.15) is 0 Å². The summed E-state index contributed by atoms with van der Waals surface area (Å²) >= 11 is 0. The van der Waals surface area contributed by atoms with E-state index in [1.54, 1.807) is 27.7 Å². The second-order valence-corrected chi connectivity index (χ2v) is 16.4. The Labute approximate surface area is 257 Å². The summed E-state index contributed by atoms with van der Waals surface area (Å²) in [5.41, 5.74) is -1.09. The molecule has 9 nitrogen and oxygen atoms in total. The molecule has 3 saturated heterocycles. The van der Waals surface area contributed by atoms with Crippen molar-refractivity contribution in [2.24, 2.45) is 34.0 Å². The number of rotatable bonds is 7. The van der Waals surface area contributed by atoms with Crippen LogP contribution in [0, 0.1) is 34.0 Å². The van der Waals surface area contributed by atoms with Crippen molar-refractivity contribution in [1.29, 1.82) is 0 Å². The third-order valence-electron chi connectivity index (χ3n) is 11.6. The van der Waals surface area contributed by atoms with Gasteiger partial charge < -0.3 is 28.4 Å². The van der Waals surface area contributed by atoms with Gasteiger partial charge in [0.2, 0.25) is 6.10 Å². The lowest BCUT2D eigenvalue weighted by Gasteiger charge is -2.61. The summed E-state index contributed by atoms with van der Waals surface area (Å²) in [7, 11) is 0. The number of ether oxygens (including phenoxy) is 6. The highest BCUT2D eigenvalue weighted by atomic mass is 16.9. The number of hydrogen-bond acceptors (Lipinski definition) is 9. The van der Waals surface area contributed by atoms with Crippen molar-refractivity contribution in [3.05, 3.63) is 0 Å². The fourth-order valence-electron chi connectivity index (χ4n) is 8.22. The summed E-state index contributed by atoms with van der Waals surface area (Å²) in [6, 6.07) is 0. The normalized spacial score (nSPS) is 39.0. The first-order valence-electron chi connectivity index (χ1n) is 16.5. The van der Waals surface area contributed by atoms with Gasteiger partial charge in [0.1, 0.15) is 11.7 Å². The highest BCUT2D eigenvalue weighted by Crippen LogP contribution is 2.64. The zero-order valence-electron chi connectivity index (χ0n) is 27.9. The Bertz CT molecular complexity index is 1070. The first kappa shape index (κ1) is 32.7. The highest BCUT2D eigenvalue weighted by molar-refractivity contribution is 5.84. The molecule has 7 rings (SSSR count). The van der Waals surface area contributed by atoms with Gasteiger partial charge in [0.25, 0.3) is 0 Å². The Morgan fingerprint density at radius 1 is 0.791 bits per heavy atom. The van der Waals surface area contributed by atoms with Crippen LogP contribution in [0.15, 0.2) is 0 Å². The molecule has 43 heavy (non-hydrogen) atoms. The molecular weight excluding hydrogens is 552 g/mol. The minimum atomic E-state index is -1.07. The van der Waals surface area contributed by atoms with Crippen LogP contribution in [-0.2, 0) is 42.8 Å². The van der Waals surface area contributed by atoms with Gasteiger partial charge in [0.05, 0.1) is 10.8 Å². The molecule has 5 atom stereocenters. The molecular formula is C34H54O9. The van der Waals surface area contributed by atoms with E-state index in [4.69, 9.17) is 28.4 Å². The van der Waals surface area contributed by atoms with E-state index < -0.39 is 53.8 Å². The van der Waals surface area contributed by atoms with E-state index in [2.05, 4.69) is 20.8 Å². The lowest BCUT2D eigenvalue weighted by Crippen LogP contribution is -2.58. The number of esters is 3. The van der Waals surface area contributed by atoms with Crippen molar-refractivity contribution in [2.75, 3.05) is 0 Å². The molecule has 4 bridgehead atoms. The third-order valence-corrected chi connectivity index (χ3v) is 11.6. The van der Waals surface area contributed by atoms with Gasteiger partial charge in [0.15, 0.2) is 24.3 Å². The molecule has 0 spiro atoms. The third kappa shape index (κ3) is 5.99. The van der Waals surface area contributed by atoms with E-state index in [0.29, 0.717) is 6.42 Å². The lowest BCUT2D eigenvalue weighted by molar-refractivity contribution is -0.217. The number of hydrogen-bond donors (Lipinski definition) is 0. The Morgan fingerprint density at radius 3 is 1.81 bits per heavy atom. The monoisotopic (exact) mass is 606 g/mol. The van der Waals surface area contributed by atoms with Gasteiger partial charge in [-0.15, -0.1) is 0 Å². The fraction of sp³-hybridized carbons (Fsp3) is 0.912. The SMILES string of the molecule is CCC(C)(C)C(=O)OC(C)(C)C12CC3CC(CC(C3)C1)C2.CCC(C)(C)C(=O)OC1C(=O)OC2C3OC(C)(C)OC3OC12. The Morgan fingerprint density at radius 2 is 1.30 bits per heavy atom. The topological polar surface area (TPSA) is 107 Å². The molecule has 4 aliphatic carbocycles. The van der Waals surface area contributed by atoms with Gasteiger partial charge in [-0.25, -0.2) is 4.79 Å². The number of fused-ring (bicyclic) bond motifs is 3. The molecule has 244 valence electrons. The van der Waals surface area contributed by atoms with E-state index in [1.165, 1.54) is 38.5 Å². The molecule has 0 radical (unpaired) electrons. The fourth-order valence-corrected chi connectivity index (χ4v) is 8.22. The molecule has 3 heterocycles. The van der Waals surface area contributed by atoms with Crippen LogP contribution >= 0.6 is 0 Å². The maximum atomic E-state index is 12.6. The van der Waals surface area contributed by atoms with Crippen LogP contribution in [0.3, 0.4) is 0 Å². The number of carbonyl (C=O) groups excluding carboxylic acids is 3. The van der Waals surface area contributed by atoms with Gasteiger partial charge in [-0.05, 0) is 125 Å². The number of carbonyl (C=O) groups is 3. The summed E-state index contributed by atoms with van der Waals surface area (Å²) in [5, 5.41) is 0. The van der Waals surface area contributed by atoms with E-state index in [0.717, 1.165) is 24.2 Å². The van der Waals surface area contributed by atoms with Crippen molar-refractivity contribution in [1.82, 2.24) is 0 Å². The summed E-state index contributed by atoms with van der Waals surface area (Å²) in [5.74, 6) is 0.856. The zero-order chi connectivity index (χ0) is 31.8. The van der Waals surface area contributed by atoms with Gasteiger partial charge >= 0.3 is 17.9 Å². The second-order valence-electron chi connectivity index (χ2n) is 16.4. The van der Waals surface area contributed by atoms with Gasteiger partial charge in [-0.1, -0.05) is 13.8 Å². The molecule has 0 N–H and O–H groups in total. The van der Waals surface area contributed by atoms with Crippen molar-refractivity contribution < 1.29 is 42.8 Å². The van der Waals surface area contributed by atoms with Crippen LogP contribution in [-0.4, -0.2) is 60.0 Å². The largest absolute Gasteiger partial charge is 0.459 e. The molecule has 0 amide bonds. The van der Waals surface area contributed by atoms with E-state index in [1.807, 2.05) is 20.8 Å². The van der Waals surface area contributed by atoms with E-state index in [9.17, 15) is 14.4 Å². The highest BCUT2D eigenvalue weighted by Gasteiger charge is 2.64. The summed E-state index contributed by atoms with van der Waals surface area (Å²) in [6.45, 7) is 19.4. The van der Waals surface area contributed by atoms with Crippen LogP contribution in [0.2, 0.25) is 0 Å². The predicted molar refractivity (Wildman–Crippen MR) is 157 cm³/mol. The molecule has 9 heteroatoms. The molecule has 0 aromatic rings. The van der Waals surface area contributed by atoms with Gasteiger partial charge in [-0.3, -0.25) is 9.59 Å². The predicted octanol–water partition coefficient (Wildman–Crippen LogP) is 6.10. The Hall–Kier alpha value is -1.71. The molecule has 0 aromatic carbocycles. The smallest absolute Gasteiger partial charge is 0.350 e. The summed E-state index contributed by atoms with van der Waals surface area (Å²) in [6.07, 6.45) is 6.13. The summed E-state index contributed by atoms with van der Waals surface area (Å²) < 4.78 is 33.8. The van der Waals surface area contributed by atoms with Crippen LogP contribution in [0.4, 0.5) is 0 Å². The van der Waals surface area contributed by atoms with E-state index >= 15 is 0 Å². The van der Waals surface area contributed by atoms with Crippen LogP contribution < -0.4 is 0 Å². The lowest BCUT2D eigenvalue weighted by atomic mass is 9.46. The first-order chi connectivity index (χ1) is 19.8. The standard InChI is InChI=1S/C19H32O2.C15H22O7/c1-6-17(2,3)16(20)21-18(4,5)19-10-13-7-14(11-19)9-15(8-13)12-19;1-6-14(2,3)13(17)20-9-7-8(18-11(9)16)10-12(19-7)22-15(4,5)21-10/h13-15H,6-12H2,1-5H3;7-10,12H,6H2,1-5H3. The molecule has 7 fully saturated rings. The minimum Gasteiger partial charge on any atom is -0.459 e. The van der Waals surface area contributed by atoms with E-state index in [-0.39, 0.29) is 22.4 Å². The van der Waals surface area contributed by atoms with Crippen molar-refractivity contribution in [2.45, 2.75) is 163 Å². The molecule has 0 aromatic heterocycles. The van der Waals surface area contributed by atoms with Crippen molar-refractivity contribution in [3.8, 4) is 0 Å². The van der Waals surface area contributed by atoms with Crippen LogP contribution in [0.5, 0.6) is 0 Å². The Balaban J connectivity index is 0.000000171. The van der Waals surface area contributed by atoms with Crippen molar-refractivity contribution in [3.63, 3.8) is 0 Å². The molecule has 4 saturated carbocycles. The van der Waals surface area contributed by atoms with Crippen molar-refractivity contribution >= 4 is 17.9 Å². The maximum Gasteiger partial charge on any atom is 0.350 e. The van der Waals surface area contributed by atoms with Crippen LogP contribution in [0.25, 0.3) is 0 Å². The zero-order valence-corrected chi connectivity index (χ0v) is 27.9. The summed E-state index contributed by atoms with van der Waals surface area (Å²) in [4.78, 5) is 36.8. The van der Waals surface area contributed by atoms with Crippen LogP contribution in [0.1, 0.15) is 121 Å². The minimum absolute atomic E-state index is 0.00857. The first-order valence-corrected chi connectivity index (χ1v) is 16.5. The second kappa shape index (κ2) is 11.0. The average molecular weight is 607 g/mol. The maximum absolute atomic E-state index is 12.6. The molecule has 3 aliphatic heterocycles.